The molecule has 3 heterocycles. The van der Waals surface area contributed by atoms with E-state index in [0.29, 0.717) is 17.5 Å². The Labute approximate surface area is 142 Å². The zero-order chi connectivity index (χ0) is 17.4. The molecule has 0 spiro atoms. The van der Waals surface area contributed by atoms with E-state index in [2.05, 4.69) is 25.5 Å². The Morgan fingerprint density at radius 3 is 2.96 bits per heavy atom. The molecule has 0 saturated heterocycles. The van der Waals surface area contributed by atoms with Gasteiger partial charge in [0, 0.05) is 18.8 Å². The molecular weight excluding hydrogens is 320 g/mol. The van der Waals surface area contributed by atoms with Crippen molar-refractivity contribution in [1.82, 2.24) is 14.4 Å². The molecule has 1 aromatic carbocycles. The lowest BCUT2D eigenvalue weighted by Crippen LogP contribution is -2.44. The molecule has 0 aliphatic carbocycles. The predicted octanol–water partition coefficient (Wildman–Crippen LogP) is 1.66. The maximum absolute atomic E-state index is 9.82. The summed E-state index contributed by atoms with van der Waals surface area (Å²) in [5, 5.41) is 30.6. The van der Waals surface area contributed by atoms with Crippen LogP contribution in [0.15, 0.2) is 58.1 Å². The molecule has 2 aliphatic heterocycles. The van der Waals surface area contributed by atoms with Crippen LogP contribution in [0.5, 0.6) is 5.75 Å². The summed E-state index contributed by atoms with van der Waals surface area (Å²) in [7, 11) is 1.83. The van der Waals surface area contributed by atoms with Gasteiger partial charge in [-0.1, -0.05) is 4.59 Å². The van der Waals surface area contributed by atoms with Crippen LogP contribution in [0.4, 0.5) is 11.4 Å². The van der Waals surface area contributed by atoms with E-state index in [-0.39, 0.29) is 15.9 Å². The van der Waals surface area contributed by atoms with Crippen molar-refractivity contribution in [2.24, 2.45) is 22.1 Å². The molecule has 0 radical (unpaired) electrons. The number of rotatable bonds is 2. The van der Waals surface area contributed by atoms with E-state index in [1.54, 1.807) is 35.6 Å². The highest BCUT2D eigenvalue weighted by Gasteiger charge is 2.43. The lowest BCUT2D eigenvalue weighted by Gasteiger charge is -2.21. The smallest absolute Gasteiger partial charge is 0.287 e. The molecule has 25 heavy (non-hydrogen) atoms. The third-order valence-electron chi connectivity index (χ3n) is 3.84. The summed E-state index contributed by atoms with van der Waals surface area (Å²) in [6.45, 7) is 0. The van der Waals surface area contributed by atoms with Crippen molar-refractivity contribution in [2.45, 2.75) is 0 Å². The second-order valence-corrected chi connectivity index (χ2v) is 5.50. The lowest BCUT2D eigenvalue weighted by molar-refractivity contribution is 0.474. The molecule has 0 fully saturated rings. The molecule has 2 aliphatic rings. The highest BCUT2D eigenvalue weighted by Crippen LogP contribution is 2.30. The molecule has 0 saturated carbocycles. The molecule has 4 rings (SSSR count). The number of phenolic OH excluding ortho intramolecular Hbond substituents is 1. The van der Waals surface area contributed by atoms with Crippen molar-refractivity contribution in [3.05, 3.63) is 48.6 Å². The summed E-state index contributed by atoms with van der Waals surface area (Å²) < 4.78 is 1.72. The van der Waals surface area contributed by atoms with Crippen LogP contribution in [0.25, 0.3) is 0 Å². The molecule has 1 unspecified atom stereocenters. The minimum absolute atomic E-state index is 0.0297. The van der Waals surface area contributed by atoms with E-state index >= 15 is 0 Å². The first kappa shape index (κ1) is 14.8. The number of anilines is 1. The number of aliphatic imine (C=N–C) groups is 2. The molecule has 0 amide bonds. The number of aryl methyl sites for hydroxylation is 1. The van der Waals surface area contributed by atoms with Gasteiger partial charge < -0.3 is 10.4 Å². The molecule has 9 heteroatoms. The SMILES string of the molecule is Cn1cc([N+]23C=CN=CC2=NC(Nc2ccc(C#N)c(O)c2)=N3)cn1. The van der Waals surface area contributed by atoms with Crippen molar-refractivity contribution in [3.63, 3.8) is 0 Å². The number of hydrogen-bond acceptors (Lipinski definition) is 7. The van der Waals surface area contributed by atoms with Crippen LogP contribution < -0.4 is 9.91 Å². The van der Waals surface area contributed by atoms with E-state index in [4.69, 9.17) is 5.26 Å². The van der Waals surface area contributed by atoms with Gasteiger partial charge >= 0.3 is 0 Å². The summed E-state index contributed by atoms with van der Waals surface area (Å²) >= 11 is 0. The largest absolute Gasteiger partial charge is 0.506 e. The van der Waals surface area contributed by atoms with Crippen molar-refractivity contribution >= 4 is 29.4 Å². The number of nitriles is 1. The Morgan fingerprint density at radius 1 is 1.36 bits per heavy atom. The summed E-state index contributed by atoms with van der Waals surface area (Å²) in [4.78, 5) is 8.60. The Hall–Kier alpha value is -3.77. The summed E-state index contributed by atoms with van der Waals surface area (Å²) in [5.41, 5.74) is 1.60. The number of fused-ring (bicyclic) bond motifs is 1. The van der Waals surface area contributed by atoms with Gasteiger partial charge in [-0.25, -0.2) is 0 Å². The Balaban J connectivity index is 1.71. The topological polar surface area (TPSA) is 111 Å². The number of nitrogens with zero attached hydrogens (tertiary/aromatic N) is 7. The van der Waals surface area contributed by atoms with Crippen molar-refractivity contribution in [2.75, 3.05) is 5.32 Å². The molecule has 1 atom stereocenters. The van der Waals surface area contributed by atoms with Crippen molar-refractivity contribution in [3.8, 4) is 11.8 Å². The van der Waals surface area contributed by atoms with E-state index in [1.165, 1.54) is 12.1 Å². The number of benzene rings is 1. The van der Waals surface area contributed by atoms with Crippen LogP contribution in [0, 0.1) is 11.3 Å². The van der Waals surface area contributed by atoms with Gasteiger partial charge in [0.05, 0.1) is 18.0 Å². The van der Waals surface area contributed by atoms with Crippen LogP contribution in [0.1, 0.15) is 5.56 Å². The normalized spacial score (nSPS) is 20.6. The number of aromatic nitrogens is 2. The van der Waals surface area contributed by atoms with E-state index in [9.17, 15) is 5.11 Å². The van der Waals surface area contributed by atoms with Gasteiger partial charge in [0.25, 0.3) is 11.8 Å². The van der Waals surface area contributed by atoms with Gasteiger partial charge in [-0.05, 0) is 17.2 Å². The molecule has 2 aromatic rings. The third-order valence-corrected chi connectivity index (χ3v) is 3.84. The highest BCUT2D eigenvalue weighted by atomic mass is 16.3. The average molecular weight is 333 g/mol. The quantitative estimate of drug-likeness (QED) is 0.814. The van der Waals surface area contributed by atoms with Crippen LogP contribution in [0.2, 0.25) is 0 Å². The monoisotopic (exact) mass is 333 g/mol. The minimum atomic E-state index is -0.103. The number of quaternary nitrogens is 1. The Bertz CT molecular complexity index is 1020. The van der Waals surface area contributed by atoms with E-state index in [0.717, 1.165) is 5.69 Å². The van der Waals surface area contributed by atoms with Crippen molar-refractivity contribution < 1.29 is 5.11 Å². The van der Waals surface area contributed by atoms with Gasteiger partial charge in [0.1, 0.15) is 24.2 Å². The molecule has 2 N–H and O–H groups in total. The van der Waals surface area contributed by atoms with Crippen LogP contribution in [0.3, 0.4) is 0 Å². The zero-order valence-corrected chi connectivity index (χ0v) is 13.2. The van der Waals surface area contributed by atoms with Gasteiger partial charge in [-0.15, -0.1) is 0 Å². The first-order chi connectivity index (χ1) is 12.1. The Morgan fingerprint density at radius 2 is 2.24 bits per heavy atom. The first-order valence-electron chi connectivity index (χ1n) is 7.39. The summed E-state index contributed by atoms with van der Waals surface area (Å²) in [5.74, 6) is 0.880. The van der Waals surface area contributed by atoms with Gasteiger partial charge in [0.15, 0.2) is 6.20 Å². The van der Waals surface area contributed by atoms with E-state index < -0.39 is 0 Å². The molecule has 0 bridgehead atoms. The van der Waals surface area contributed by atoms with Crippen molar-refractivity contribution in [1.29, 1.82) is 5.26 Å². The minimum Gasteiger partial charge on any atom is -0.506 e. The maximum atomic E-state index is 9.82. The van der Waals surface area contributed by atoms with E-state index in [1.807, 2.05) is 19.3 Å². The first-order valence-corrected chi connectivity index (χ1v) is 7.39. The van der Waals surface area contributed by atoms with Crippen LogP contribution in [-0.2, 0) is 7.05 Å². The van der Waals surface area contributed by atoms with Gasteiger partial charge in [-0.2, -0.15) is 15.4 Å². The number of aromatic hydroxyl groups is 1. The zero-order valence-electron chi connectivity index (χ0n) is 13.2. The molecular formula is C16H13N8O+. The Kier molecular flexibility index (Phi) is 3.19. The molecule has 122 valence electrons. The fraction of sp³-hybridized carbons (Fsp3) is 0.0625. The number of hydrogen-bond donors (Lipinski definition) is 2. The molecule has 9 nitrogen and oxygen atoms in total. The third kappa shape index (κ3) is 2.37. The maximum Gasteiger partial charge on any atom is 0.287 e. The number of guanidine groups is 1. The number of nitrogens with one attached hydrogen (secondary N) is 1. The lowest BCUT2D eigenvalue weighted by atomic mass is 10.2. The van der Waals surface area contributed by atoms with Crippen LogP contribution in [-0.4, -0.2) is 32.9 Å². The predicted molar refractivity (Wildman–Crippen MR) is 93.9 cm³/mol. The second kappa shape index (κ2) is 5.40. The standard InChI is InChI=1S/C16H12N8O/c1-23-10-13(8-19-23)24-5-4-18-9-15(24)21-16(22-24)20-12-3-2-11(7-17)14(25)6-12/h2-6,8-10H,1H3,(H-,20,22,25)/p+1. The van der Waals surface area contributed by atoms with Gasteiger partial charge in [-0.3, -0.25) is 9.67 Å². The fourth-order valence-electron chi connectivity index (χ4n) is 2.63. The summed E-state index contributed by atoms with van der Waals surface area (Å²) in [6, 6.07) is 6.57. The highest BCUT2D eigenvalue weighted by molar-refractivity contribution is 6.38. The number of phenols is 1. The van der Waals surface area contributed by atoms with Crippen LogP contribution >= 0.6 is 0 Å². The second-order valence-electron chi connectivity index (χ2n) is 5.50. The average Bonchev–Trinajstić information content (AvgIpc) is 3.19. The molecule has 1 aromatic heterocycles. The fourth-order valence-corrected chi connectivity index (χ4v) is 2.63. The van der Waals surface area contributed by atoms with Gasteiger partial charge in [0.2, 0.25) is 5.69 Å². The summed E-state index contributed by atoms with van der Waals surface area (Å²) in [6.07, 6.45) is 8.69. The number of amidine groups is 1.